The van der Waals surface area contributed by atoms with Crippen LogP contribution in [0.4, 0.5) is 0 Å². The molecule has 0 atom stereocenters. The summed E-state index contributed by atoms with van der Waals surface area (Å²) >= 11 is 0. The van der Waals surface area contributed by atoms with Crippen LogP contribution in [0.5, 0.6) is 0 Å². The maximum atomic E-state index is 11.1. The van der Waals surface area contributed by atoms with Gasteiger partial charge >= 0.3 is 29.6 Å². The van der Waals surface area contributed by atoms with Gasteiger partial charge in [-0.25, -0.2) is 0 Å². The van der Waals surface area contributed by atoms with Crippen molar-refractivity contribution in [3.63, 3.8) is 0 Å². The fourth-order valence-corrected chi connectivity index (χ4v) is 0.963. The normalized spacial score (nSPS) is 9.15. The quantitative estimate of drug-likeness (QED) is 0.459. The van der Waals surface area contributed by atoms with Crippen molar-refractivity contribution in [2.24, 2.45) is 5.92 Å². The number of carboxylic acid groups (broad SMARTS) is 1. The van der Waals surface area contributed by atoms with Crippen molar-refractivity contribution >= 4 is 11.9 Å². The molecule has 0 spiro atoms. The van der Waals surface area contributed by atoms with Gasteiger partial charge in [-0.15, -0.1) is 0 Å². The number of carbonyl (C=O) groups excluding carboxylic acids is 2. The summed E-state index contributed by atoms with van der Waals surface area (Å²) in [4.78, 5) is 21.1. The van der Waals surface area contributed by atoms with Gasteiger partial charge in [0.05, 0.1) is 12.5 Å². The van der Waals surface area contributed by atoms with Crippen molar-refractivity contribution < 1.29 is 44.3 Å². The average molecular weight is 195 g/mol. The number of aliphatic carboxylic acids is 1. The van der Waals surface area contributed by atoms with E-state index in [1.54, 1.807) is 0 Å². The van der Waals surface area contributed by atoms with E-state index in [1.807, 2.05) is 13.8 Å². The summed E-state index contributed by atoms with van der Waals surface area (Å²) in [6.45, 7) is 3.40. The van der Waals surface area contributed by atoms with E-state index in [4.69, 9.17) is 0 Å². The van der Waals surface area contributed by atoms with Crippen LogP contribution in [-0.4, -0.2) is 18.4 Å². The van der Waals surface area contributed by atoms with Gasteiger partial charge in [0.2, 0.25) is 5.91 Å². The first-order chi connectivity index (χ1) is 5.61. The second-order valence-corrected chi connectivity index (χ2v) is 2.60. The number of hydrogen-bond acceptors (Lipinski definition) is 3. The second-order valence-electron chi connectivity index (χ2n) is 2.60. The molecule has 0 aliphatic carbocycles. The van der Waals surface area contributed by atoms with Crippen LogP contribution >= 0.6 is 0 Å². The van der Waals surface area contributed by atoms with E-state index >= 15 is 0 Å². The molecule has 0 bridgehead atoms. The van der Waals surface area contributed by atoms with Crippen LogP contribution in [0, 0.1) is 5.92 Å². The molecule has 0 aromatic heterocycles. The Kier molecular flexibility index (Phi) is 10.1. The average Bonchev–Trinajstić information content (AvgIpc) is 2.03. The minimum absolute atomic E-state index is 0. The summed E-state index contributed by atoms with van der Waals surface area (Å²) in [6.07, 6.45) is 1.46. The van der Waals surface area contributed by atoms with Crippen LogP contribution in [0.3, 0.4) is 0 Å². The smallest absolute Gasteiger partial charge is 0.548 e. The summed E-state index contributed by atoms with van der Waals surface area (Å²) in [5.41, 5.74) is 0. The molecule has 1 N–H and O–H groups in total. The number of amides is 1. The van der Waals surface area contributed by atoms with Crippen molar-refractivity contribution in [3.8, 4) is 0 Å². The molecule has 0 aromatic carbocycles. The molecule has 0 saturated heterocycles. The Labute approximate surface area is 100 Å². The molecular weight excluding hydrogens is 181 g/mol. The molecule has 70 valence electrons. The maximum absolute atomic E-state index is 11.1. The number of hydrogen-bond donors (Lipinski definition) is 1. The standard InChI is InChI=1S/C8H15NO3.Na/c1-3-6(4-2)8(12)9-5-7(10)11;/h6H,3-5H2,1-2H3,(H,9,12)(H,10,11);/q;+1/p-1. The minimum atomic E-state index is -1.26. The van der Waals surface area contributed by atoms with Crippen molar-refractivity contribution in [1.82, 2.24) is 5.32 Å². The van der Waals surface area contributed by atoms with E-state index in [2.05, 4.69) is 5.32 Å². The first kappa shape index (κ1) is 15.4. The largest absolute Gasteiger partial charge is 1.00 e. The molecule has 0 rings (SSSR count). The summed E-state index contributed by atoms with van der Waals surface area (Å²) < 4.78 is 0. The molecule has 0 aromatic rings. The van der Waals surface area contributed by atoms with Gasteiger partial charge in [-0.1, -0.05) is 13.8 Å². The van der Waals surface area contributed by atoms with Gasteiger partial charge in [-0.05, 0) is 12.8 Å². The van der Waals surface area contributed by atoms with Gasteiger partial charge in [-0.2, -0.15) is 0 Å². The van der Waals surface area contributed by atoms with Crippen LogP contribution in [0.1, 0.15) is 26.7 Å². The van der Waals surface area contributed by atoms with Crippen molar-refractivity contribution in [1.29, 1.82) is 0 Å². The molecule has 0 unspecified atom stereocenters. The molecule has 4 nitrogen and oxygen atoms in total. The monoisotopic (exact) mass is 195 g/mol. The minimum Gasteiger partial charge on any atom is -0.548 e. The maximum Gasteiger partial charge on any atom is 1.00 e. The first-order valence-electron chi connectivity index (χ1n) is 4.09. The summed E-state index contributed by atoms with van der Waals surface area (Å²) in [5.74, 6) is -1.54. The van der Waals surface area contributed by atoms with Gasteiger partial charge in [0.15, 0.2) is 0 Å². The second kappa shape index (κ2) is 8.53. The first-order valence-corrected chi connectivity index (χ1v) is 4.09. The van der Waals surface area contributed by atoms with Gasteiger partial charge in [0.25, 0.3) is 0 Å². The van der Waals surface area contributed by atoms with Crippen LogP contribution in [0.2, 0.25) is 0 Å². The molecule has 0 aliphatic heterocycles. The van der Waals surface area contributed by atoms with E-state index in [0.29, 0.717) is 0 Å². The fraction of sp³-hybridized carbons (Fsp3) is 0.750. The molecule has 1 amide bonds. The zero-order valence-corrected chi connectivity index (χ0v) is 10.4. The Balaban J connectivity index is 0. The Bertz CT molecular complexity index is 169. The fourth-order valence-electron chi connectivity index (χ4n) is 0.963. The van der Waals surface area contributed by atoms with Crippen LogP contribution < -0.4 is 40.0 Å². The molecule has 5 heteroatoms. The Morgan fingerprint density at radius 3 is 2.08 bits per heavy atom. The molecule has 0 aliphatic rings. The van der Waals surface area contributed by atoms with Crippen molar-refractivity contribution in [2.75, 3.05) is 6.54 Å². The summed E-state index contributed by atoms with van der Waals surface area (Å²) in [6, 6.07) is 0. The van der Waals surface area contributed by atoms with Gasteiger partial charge in [-0.3, -0.25) is 4.79 Å². The molecule has 13 heavy (non-hydrogen) atoms. The van der Waals surface area contributed by atoms with Crippen molar-refractivity contribution in [2.45, 2.75) is 26.7 Å². The van der Waals surface area contributed by atoms with E-state index in [1.165, 1.54) is 0 Å². The zero-order chi connectivity index (χ0) is 9.56. The molecular formula is C8H14NNaO3. The SMILES string of the molecule is CCC(CC)C(=O)NCC(=O)[O-].[Na+]. The van der Waals surface area contributed by atoms with Crippen molar-refractivity contribution in [3.05, 3.63) is 0 Å². The molecule has 0 saturated carbocycles. The Hall–Kier alpha value is -0.0600. The van der Waals surface area contributed by atoms with Gasteiger partial charge < -0.3 is 15.2 Å². The van der Waals surface area contributed by atoms with Gasteiger partial charge in [0, 0.05) is 5.92 Å². The van der Waals surface area contributed by atoms with Crippen LogP contribution in [0.25, 0.3) is 0 Å². The number of nitrogens with one attached hydrogen (secondary N) is 1. The molecule has 0 fully saturated rings. The summed E-state index contributed by atoms with van der Waals surface area (Å²) in [7, 11) is 0. The molecule has 0 radical (unpaired) electrons. The zero-order valence-electron chi connectivity index (χ0n) is 8.42. The van der Waals surface area contributed by atoms with E-state index < -0.39 is 12.5 Å². The number of rotatable bonds is 5. The van der Waals surface area contributed by atoms with E-state index in [0.717, 1.165) is 12.8 Å². The van der Waals surface area contributed by atoms with Crippen LogP contribution in [0.15, 0.2) is 0 Å². The number of carboxylic acids is 1. The van der Waals surface area contributed by atoms with Crippen LogP contribution in [-0.2, 0) is 9.59 Å². The predicted molar refractivity (Wildman–Crippen MR) is 42.1 cm³/mol. The number of carbonyl (C=O) groups is 2. The topological polar surface area (TPSA) is 69.2 Å². The predicted octanol–water partition coefficient (Wildman–Crippen LogP) is -3.71. The third-order valence-corrected chi connectivity index (χ3v) is 1.76. The molecule has 0 heterocycles. The Morgan fingerprint density at radius 1 is 1.31 bits per heavy atom. The van der Waals surface area contributed by atoms with E-state index in [-0.39, 0.29) is 41.4 Å². The Morgan fingerprint density at radius 2 is 1.77 bits per heavy atom. The summed E-state index contributed by atoms with van der Waals surface area (Å²) in [5, 5.41) is 12.3. The third kappa shape index (κ3) is 7.05. The van der Waals surface area contributed by atoms with E-state index in [9.17, 15) is 14.7 Å². The van der Waals surface area contributed by atoms with Gasteiger partial charge in [0.1, 0.15) is 0 Å². The third-order valence-electron chi connectivity index (χ3n) is 1.76.